The van der Waals surface area contributed by atoms with Crippen LogP contribution in [0.25, 0.3) is 10.9 Å². The number of likely N-dealkylation sites (N-methyl/N-ethyl adjacent to an activating group) is 1. The van der Waals surface area contributed by atoms with Crippen molar-refractivity contribution in [3.05, 3.63) is 63.4 Å². The van der Waals surface area contributed by atoms with Gasteiger partial charge in [0.1, 0.15) is 12.4 Å². The summed E-state index contributed by atoms with van der Waals surface area (Å²) in [7, 11) is -0.366. The number of sulfonamides is 1. The molecule has 2 aromatic carbocycles. The molecule has 0 saturated carbocycles. The summed E-state index contributed by atoms with van der Waals surface area (Å²) < 4.78 is 39.6. The average Bonchev–Trinajstić information content (AvgIpc) is 2.79. The molecule has 8 nitrogen and oxygen atoms in total. The number of aromatic amines is 1. The topological polar surface area (TPSA) is 91.9 Å². The average molecular weight is 486 g/mol. The number of fused-ring (bicyclic) bond motifs is 2. The van der Waals surface area contributed by atoms with E-state index in [1.165, 1.54) is 4.31 Å². The number of nitrogens with one attached hydrogen (secondary N) is 1. The number of methoxy groups -OCH3 is 1. The third-order valence-corrected chi connectivity index (χ3v) is 7.98. The first-order valence-electron chi connectivity index (χ1n) is 11.3. The van der Waals surface area contributed by atoms with Gasteiger partial charge in [0, 0.05) is 45.5 Å². The Morgan fingerprint density at radius 1 is 1.18 bits per heavy atom. The first-order valence-corrected chi connectivity index (χ1v) is 12.7. The SMILES string of the molecule is COCCCN(Cc1cc2cc(C)cc(C)c2[nH]c1=O)S(=O)(=O)c1ccc2c(c1)OCCN2C. The second kappa shape index (κ2) is 9.77. The lowest BCUT2D eigenvalue weighted by Crippen LogP contribution is -2.34. The second-order valence-electron chi connectivity index (χ2n) is 8.75. The van der Waals surface area contributed by atoms with Crippen LogP contribution in [0.1, 0.15) is 23.1 Å². The predicted octanol–water partition coefficient (Wildman–Crippen LogP) is 3.20. The van der Waals surface area contributed by atoms with Crippen molar-refractivity contribution >= 4 is 26.6 Å². The quantitative estimate of drug-likeness (QED) is 0.493. The van der Waals surface area contributed by atoms with Crippen molar-refractivity contribution in [2.45, 2.75) is 31.7 Å². The molecular weight excluding hydrogens is 454 g/mol. The van der Waals surface area contributed by atoms with Crippen LogP contribution in [-0.4, -0.2) is 58.2 Å². The Balaban J connectivity index is 1.72. The van der Waals surface area contributed by atoms with Gasteiger partial charge >= 0.3 is 0 Å². The summed E-state index contributed by atoms with van der Waals surface area (Å²) in [4.78, 5) is 18.0. The summed E-state index contributed by atoms with van der Waals surface area (Å²) >= 11 is 0. The molecule has 34 heavy (non-hydrogen) atoms. The van der Waals surface area contributed by atoms with Crippen LogP contribution in [0.2, 0.25) is 0 Å². The summed E-state index contributed by atoms with van der Waals surface area (Å²) in [6.45, 7) is 5.77. The molecule has 1 aliphatic rings. The molecule has 0 amide bonds. The van der Waals surface area contributed by atoms with Crippen molar-refractivity contribution in [2.75, 3.05) is 45.4 Å². The van der Waals surface area contributed by atoms with E-state index in [0.717, 1.165) is 34.3 Å². The minimum atomic E-state index is -3.89. The van der Waals surface area contributed by atoms with Gasteiger partial charge in [-0.25, -0.2) is 8.42 Å². The van der Waals surface area contributed by atoms with Crippen LogP contribution in [0.3, 0.4) is 0 Å². The Hall–Kier alpha value is -2.88. The zero-order chi connectivity index (χ0) is 24.5. The summed E-state index contributed by atoms with van der Waals surface area (Å²) in [5, 5.41) is 0.881. The van der Waals surface area contributed by atoms with Crippen LogP contribution in [0.15, 0.2) is 46.1 Å². The smallest absolute Gasteiger partial charge is 0.252 e. The Bertz CT molecular complexity index is 1370. The third kappa shape index (κ3) is 4.82. The van der Waals surface area contributed by atoms with E-state index in [9.17, 15) is 13.2 Å². The molecule has 2 heterocycles. The number of aryl methyl sites for hydroxylation is 2. The molecular formula is C25H31N3O5S. The molecule has 0 atom stereocenters. The minimum Gasteiger partial charge on any atom is -0.490 e. The fourth-order valence-electron chi connectivity index (χ4n) is 4.36. The van der Waals surface area contributed by atoms with Crippen LogP contribution < -0.4 is 15.2 Å². The van der Waals surface area contributed by atoms with Gasteiger partial charge in [0.25, 0.3) is 5.56 Å². The molecule has 1 N–H and O–H groups in total. The van der Waals surface area contributed by atoms with E-state index in [-0.39, 0.29) is 23.5 Å². The largest absolute Gasteiger partial charge is 0.490 e. The number of rotatable bonds is 8. The van der Waals surface area contributed by atoms with Gasteiger partial charge in [-0.05, 0) is 55.5 Å². The highest BCUT2D eigenvalue weighted by Gasteiger charge is 2.28. The lowest BCUT2D eigenvalue weighted by atomic mass is 10.1. The fourth-order valence-corrected chi connectivity index (χ4v) is 5.83. The van der Waals surface area contributed by atoms with E-state index < -0.39 is 10.0 Å². The Kier molecular flexibility index (Phi) is 6.97. The Morgan fingerprint density at radius 2 is 1.97 bits per heavy atom. The van der Waals surface area contributed by atoms with Crippen molar-refractivity contribution in [3.8, 4) is 5.75 Å². The summed E-state index contributed by atoms with van der Waals surface area (Å²) in [5.74, 6) is 0.543. The summed E-state index contributed by atoms with van der Waals surface area (Å²) in [6, 6.07) is 10.7. The van der Waals surface area contributed by atoms with Gasteiger partial charge in [0.15, 0.2) is 0 Å². The molecule has 182 valence electrons. The first-order chi connectivity index (χ1) is 16.2. The van der Waals surface area contributed by atoms with Crippen molar-refractivity contribution in [1.29, 1.82) is 0 Å². The maximum atomic E-state index is 13.7. The van der Waals surface area contributed by atoms with Crippen molar-refractivity contribution in [3.63, 3.8) is 0 Å². The van der Waals surface area contributed by atoms with Gasteiger partial charge < -0.3 is 19.4 Å². The van der Waals surface area contributed by atoms with Crippen molar-refractivity contribution in [1.82, 2.24) is 9.29 Å². The lowest BCUT2D eigenvalue weighted by Gasteiger charge is -2.28. The van der Waals surface area contributed by atoms with E-state index in [1.807, 2.05) is 37.9 Å². The number of aromatic nitrogens is 1. The van der Waals surface area contributed by atoms with Crippen LogP contribution in [0.4, 0.5) is 5.69 Å². The predicted molar refractivity (Wildman–Crippen MR) is 133 cm³/mol. The van der Waals surface area contributed by atoms with Gasteiger partial charge in [0.05, 0.1) is 22.6 Å². The highest BCUT2D eigenvalue weighted by atomic mass is 32.2. The zero-order valence-corrected chi connectivity index (χ0v) is 20.9. The minimum absolute atomic E-state index is 0.0395. The molecule has 1 aliphatic heterocycles. The summed E-state index contributed by atoms with van der Waals surface area (Å²) in [6.07, 6.45) is 0.504. The van der Waals surface area contributed by atoms with E-state index in [0.29, 0.717) is 30.9 Å². The van der Waals surface area contributed by atoms with E-state index in [4.69, 9.17) is 9.47 Å². The van der Waals surface area contributed by atoms with Gasteiger partial charge in [-0.15, -0.1) is 0 Å². The van der Waals surface area contributed by atoms with Gasteiger partial charge in [-0.3, -0.25) is 4.79 Å². The summed E-state index contributed by atoms with van der Waals surface area (Å²) in [5.41, 5.74) is 3.78. The highest BCUT2D eigenvalue weighted by Crippen LogP contribution is 2.34. The number of nitrogens with zero attached hydrogens (tertiary/aromatic N) is 2. The third-order valence-electron chi connectivity index (χ3n) is 6.14. The molecule has 3 aromatic rings. The molecule has 0 radical (unpaired) electrons. The normalized spacial score (nSPS) is 13.9. The number of pyridine rings is 1. The maximum Gasteiger partial charge on any atom is 0.252 e. The number of anilines is 1. The first kappa shape index (κ1) is 24.3. The Morgan fingerprint density at radius 3 is 2.74 bits per heavy atom. The standard InChI is InChI=1S/C25H31N3O5S/c1-17-12-18(2)24-19(13-17)14-20(25(29)26-24)16-28(8-5-10-32-4)34(30,31)21-6-7-22-23(15-21)33-11-9-27(22)3/h6-7,12-15H,5,8-11,16H2,1-4H3,(H,26,29). The molecule has 0 fully saturated rings. The number of benzene rings is 2. The van der Waals surface area contributed by atoms with Gasteiger partial charge in [-0.1, -0.05) is 11.6 Å². The Labute approximate surface area is 200 Å². The number of hydrogen-bond donors (Lipinski definition) is 1. The highest BCUT2D eigenvalue weighted by molar-refractivity contribution is 7.89. The molecule has 4 rings (SSSR count). The van der Waals surface area contributed by atoms with E-state index in [1.54, 1.807) is 31.4 Å². The van der Waals surface area contributed by atoms with Crippen LogP contribution in [0.5, 0.6) is 5.75 Å². The number of hydrogen-bond acceptors (Lipinski definition) is 6. The van der Waals surface area contributed by atoms with Crippen LogP contribution in [-0.2, 0) is 21.3 Å². The molecule has 1 aromatic heterocycles. The number of H-pyrrole nitrogens is 1. The lowest BCUT2D eigenvalue weighted by molar-refractivity contribution is 0.186. The monoisotopic (exact) mass is 485 g/mol. The maximum absolute atomic E-state index is 13.7. The molecule has 0 bridgehead atoms. The molecule has 0 unspecified atom stereocenters. The van der Waals surface area contributed by atoms with Crippen LogP contribution in [0, 0.1) is 13.8 Å². The number of ether oxygens (including phenoxy) is 2. The second-order valence-corrected chi connectivity index (χ2v) is 10.7. The van der Waals surface area contributed by atoms with Gasteiger partial charge in [-0.2, -0.15) is 4.31 Å². The van der Waals surface area contributed by atoms with E-state index in [2.05, 4.69) is 4.98 Å². The van der Waals surface area contributed by atoms with Crippen LogP contribution >= 0.6 is 0 Å². The fraction of sp³-hybridized carbons (Fsp3) is 0.400. The molecule has 9 heteroatoms. The molecule has 0 aliphatic carbocycles. The van der Waals surface area contributed by atoms with E-state index >= 15 is 0 Å². The van der Waals surface area contributed by atoms with Crippen molar-refractivity contribution in [2.24, 2.45) is 0 Å². The van der Waals surface area contributed by atoms with Gasteiger partial charge in [0.2, 0.25) is 10.0 Å². The molecule has 0 saturated heterocycles. The van der Waals surface area contributed by atoms with Crippen molar-refractivity contribution < 1.29 is 17.9 Å². The zero-order valence-electron chi connectivity index (χ0n) is 20.1. The molecule has 0 spiro atoms.